The van der Waals surface area contributed by atoms with Crippen molar-refractivity contribution in [1.29, 1.82) is 0 Å². The highest BCUT2D eigenvalue weighted by molar-refractivity contribution is 5.37. The number of nitrogens with two attached hydrogens (primary N) is 1. The summed E-state index contributed by atoms with van der Waals surface area (Å²) >= 11 is 0. The van der Waals surface area contributed by atoms with Crippen LogP contribution in [0.3, 0.4) is 0 Å². The lowest BCUT2D eigenvalue weighted by Crippen LogP contribution is -2.10. The molecule has 0 aliphatic rings. The normalized spacial score (nSPS) is 10.7. The van der Waals surface area contributed by atoms with E-state index < -0.39 is 0 Å². The Morgan fingerprint density at radius 3 is 2.20 bits per heavy atom. The Morgan fingerprint density at radius 1 is 1.13 bits per heavy atom. The van der Waals surface area contributed by atoms with Crippen LogP contribution in [0, 0.1) is 11.8 Å². The molecule has 0 amide bonds. The van der Waals surface area contributed by atoms with Crippen molar-refractivity contribution in [3.05, 3.63) is 35.4 Å². The van der Waals surface area contributed by atoms with Gasteiger partial charge in [0.15, 0.2) is 0 Å². The second-order valence-electron chi connectivity index (χ2n) is 4.67. The summed E-state index contributed by atoms with van der Waals surface area (Å²) in [7, 11) is 0. The average Bonchev–Trinajstić information content (AvgIpc) is 2.18. The summed E-state index contributed by atoms with van der Waals surface area (Å²) in [5.74, 6) is 6.13. The first kappa shape index (κ1) is 11.8. The number of hydrogen-bond donors (Lipinski definition) is 1. The SMILES string of the molecule is CC(C)(C)c1ccc(C#CCCN)cc1. The smallest absolute Gasteiger partial charge is 0.0245 e. The third-order valence-electron chi connectivity index (χ3n) is 2.25. The van der Waals surface area contributed by atoms with Gasteiger partial charge in [0.1, 0.15) is 0 Å². The van der Waals surface area contributed by atoms with Gasteiger partial charge in [-0.2, -0.15) is 0 Å². The Hall–Kier alpha value is -1.26. The van der Waals surface area contributed by atoms with Crippen molar-refractivity contribution in [3.63, 3.8) is 0 Å². The van der Waals surface area contributed by atoms with E-state index in [0.29, 0.717) is 6.54 Å². The quantitative estimate of drug-likeness (QED) is 0.695. The number of hydrogen-bond acceptors (Lipinski definition) is 1. The predicted molar refractivity (Wildman–Crippen MR) is 65.7 cm³/mol. The molecule has 0 radical (unpaired) electrons. The number of benzene rings is 1. The minimum Gasteiger partial charge on any atom is -0.330 e. The largest absolute Gasteiger partial charge is 0.330 e. The lowest BCUT2D eigenvalue weighted by molar-refractivity contribution is 0.590. The van der Waals surface area contributed by atoms with Crippen LogP contribution in [0.4, 0.5) is 0 Å². The Labute approximate surface area is 92.7 Å². The highest BCUT2D eigenvalue weighted by Crippen LogP contribution is 2.21. The van der Waals surface area contributed by atoms with E-state index in [9.17, 15) is 0 Å². The topological polar surface area (TPSA) is 26.0 Å². The maximum atomic E-state index is 5.37. The van der Waals surface area contributed by atoms with Crippen LogP contribution in [0.15, 0.2) is 24.3 Å². The summed E-state index contributed by atoms with van der Waals surface area (Å²) in [6.45, 7) is 7.26. The molecule has 80 valence electrons. The Bertz CT molecular complexity index is 357. The minimum atomic E-state index is 0.212. The molecule has 0 saturated heterocycles. The fraction of sp³-hybridized carbons (Fsp3) is 0.429. The van der Waals surface area contributed by atoms with E-state index in [2.05, 4.69) is 56.9 Å². The average molecular weight is 201 g/mol. The third-order valence-corrected chi connectivity index (χ3v) is 2.25. The first-order valence-electron chi connectivity index (χ1n) is 5.33. The zero-order valence-corrected chi connectivity index (χ0v) is 9.80. The summed E-state index contributed by atoms with van der Waals surface area (Å²) in [5, 5.41) is 0. The van der Waals surface area contributed by atoms with Gasteiger partial charge in [0.2, 0.25) is 0 Å². The molecule has 0 bridgehead atoms. The van der Waals surface area contributed by atoms with Crippen molar-refractivity contribution < 1.29 is 0 Å². The van der Waals surface area contributed by atoms with Crippen molar-refractivity contribution >= 4 is 0 Å². The van der Waals surface area contributed by atoms with E-state index in [4.69, 9.17) is 5.73 Å². The molecule has 1 aromatic carbocycles. The first-order valence-corrected chi connectivity index (χ1v) is 5.33. The summed E-state index contributed by atoms with van der Waals surface area (Å²) < 4.78 is 0. The summed E-state index contributed by atoms with van der Waals surface area (Å²) in [6, 6.07) is 8.44. The molecule has 15 heavy (non-hydrogen) atoms. The van der Waals surface area contributed by atoms with Gasteiger partial charge in [0.25, 0.3) is 0 Å². The highest BCUT2D eigenvalue weighted by atomic mass is 14.5. The van der Waals surface area contributed by atoms with Gasteiger partial charge in [-0.25, -0.2) is 0 Å². The van der Waals surface area contributed by atoms with Crippen LogP contribution in [0.5, 0.6) is 0 Å². The molecule has 0 aromatic heterocycles. The molecule has 0 heterocycles. The van der Waals surface area contributed by atoms with Crippen LogP contribution in [0.25, 0.3) is 0 Å². The Morgan fingerprint density at radius 2 is 1.73 bits per heavy atom. The van der Waals surface area contributed by atoms with Crippen molar-refractivity contribution in [2.75, 3.05) is 6.54 Å². The van der Waals surface area contributed by atoms with Crippen LogP contribution in [0.1, 0.15) is 38.3 Å². The molecule has 0 saturated carbocycles. The van der Waals surface area contributed by atoms with Gasteiger partial charge >= 0.3 is 0 Å². The Balaban J connectivity index is 2.79. The molecule has 0 spiro atoms. The molecular formula is C14H19N. The van der Waals surface area contributed by atoms with Crippen molar-refractivity contribution in [2.45, 2.75) is 32.6 Å². The van der Waals surface area contributed by atoms with Gasteiger partial charge in [0.05, 0.1) is 0 Å². The van der Waals surface area contributed by atoms with Crippen molar-refractivity contribution in [3.8, 4) is 11.8 Å². The van der Waals surface area contributed by atoms with Gasteiger partial charge in [0, 0.05) is 18.5 Å². The van der Waals surface area contributed by atoms with Crippen LogP contribution < -0.4 is 5.73 Å². The maximum Gasteiger partial charge on any atom is 0.0245 e. The predicted octanol–water partition coefficient (Wildman–Crippen LogP) is 2.68. The van der Waals surface area contributed by atoms with E-state index >= 15 is 0 Å². The standard InChI is InChI=1S/C14H19N/c1-14(2,3)13-9-7-12(8-10-13)6-4-5-11-15/h7-10H,5,11,15H2,1-3H3. The van der Waals surface area contributed by atoms with E-state index in [-0.39, 0.29) is 5.41 Å². The fourth-order valence-electron chi connectivity index (χ4n) is 1.29. The van der Waals surface area contributed by atoms with E-state index in [1.54, 1.807) is 0 Å². The molecule has 0 fully saturated rings. The summed E-state index contributed by atoms with van der Waals surface area (Å²) in [5.41, 5.74) is 7.99. The Kier molecular flexibility index (Phi) is 3.94. The fourth-order valence-corrected chi connectivity index (χ4v) is 1.29. The second kappa shape index (κ2) is 5.00. The first-order chi connectivity index (χ1) is 7.04. The lowest BCUT2D eigenvalue weighted by atomic mass is 9.87. The van der Waals surface area contributed by atoms with Gasteiger partial charge in [-0.3, -0.25) is 0 Å². The summed E-state index contributed by atoms with van der Waals surface area (Å²) in [4.78, 5) is 0. The van der Waals surface area contributed by atoms with Gasteiger partial charge in [-0.1, -0.05) is 44.7 Å². The second-order valence-corrected chi connectivity index (χ2v) is 4.67. The molecular weight excluding hydrogens is 182 g/mol. The lowest BCUT2D eigenvalue weighted by Gasteiger charge is -2.18. The molecule has 1 heteroatoms. The zero-order valence-electron chi connectivity index (χ0n) is 9.80. The van der Waals surface area contributed by atoms with Crippen molar-refractivity contribution in [2.24, 2.45) is 5.73 Å². The van der Waals surface area contributed by atoms with E-state index in [1.165, 1.54) is 5.56 Å². The van der Waals surface area contributed by atoms with Crippen LogP contribution >= 0.6 is 0 Å². The highest BCUT2D eigenvalue weighted by Gasteiger charge is 2.12. The monoisotopic (exact) mass is 201 g/mol. The molecule has 0 unspecified atom stereocenters. The van der Waals surface area contributed by atoms with Gasteiger partial charge < -0.3 is 5.73 Å². The molecule has 0 aliphatic carbocycles. The van der Waals surface area contributed by atoms with Crippen LogP contribution in [0.2, 0.25) is 0 Å². The van der Waals surface area contributed by atoms with Crippen molar-refractivity contribution in [1.82, 2.24) is 0 Å². The van der Waals surface area contributed by atoms with E-state index in [1.807, 2.05) is 0 Å². The van der Waals surface area contributed by atoms with E-state index in [0.717, 1.165) is 12.0 Å². The van der Waals surface area contributed by atoms with Gasteiger partial charge in [-0.05, 0) is 23.1 Å². The van der Waals surface area contributed by atoms with Gasteiger partial charge in [-0.15, -0.1) is 0 Å². The molecule has 1 rings (SSSR count). The maximum absolute atomic E-state index is 5.37. The molecule has 0 aliphatic heterocycles. The third kappa shape index (κ3) is 3.77. The molecule has 1 nitrogen and oxygen atoms in total. The molecule has 1 aromatic rings. The number of rotatable bonds is 1. The minimum absolute atomic E-state index is 0.212. The summed E-state index contributed by atoms with van der Waals surface area (Å²) in [6.07, 6.45) is 0.765. The zero-order chi connectivity index (χ0) is 11.3. The van der Waals surface area contributed by atoms with Crippen LogP contribution in [-0.4, -0.2) is 6.54 Å². The molecule has 0 atom stereocenters. The molecule has 2 N–H and O–H groups in total. The van der Waals surface area contributed by atoms with Crippen LogP contribution in [-0.2, 0) is 5.41 Å².